The van der Waals surface area contributed by atoms with E-state index in [-0.39, 0.29) is 76.2 Å². The van der Waals surface area contributed by atoms with Gasteiger partial charge in [-0.2, -0.15) is 17.1 Å². The zero-order valence-electron chi connectivity index (χ0n) is 42.2. The van der Waals surface area contributed by atoms with Crippen LogP contribution in [0.2, 0.25) is 0 Å². The molecule has 7 atom stereocenters. The van der Waals surface area contributed by atoms with Gasteiger partial charge in [-0.05, 0) is 86.5 Å². The van der Waals surface area contributed by atoms with Crippen molar-refractivity contribution in [3.8, 4) is 0 Å². The van der Waals surface area contributed by atoms with E-state index in [1.54, 1.807) is 6.92 Å². The average molecular weight is 914 g/mol. The first kappa shape index (κ1) is 53.0. The number of ketones is 1. The Hall–Kier alpha value is -3.96. The van der Waals surface area contributed by atoms with Crippen LogP contribution in [-0.4, -0.2) is 59.6 Å². The molecule has 356 valence electrons. The SMILES string of the molecule is CC[C@H]1/C2=C/c3[n-]c4c(c3C)C(O)=C(C(=O)OC)/C4=C3/[N-]/C(=C\c4[n-]c(c(C(C)=O)c4C)/C=C(\[N-]2)[C@@H]1C)[C@@H](C)[C@@H]3CCC(=O)OCCC(C)CCC[C@H](C)CCC[C@H](C)CCCC(C)C.[Mg+2]. The number of aromatic nitrogens is 2. The quantitative estimate of drug-likeness (QED) is 0.0740. The third kappa shape index (κ3) is 11.8. The van der Waals surface area contributed by atoms with E-state index in [0.717, 1.165) is 59.5 Å². The number of methoxy groups -OCH3 is 1. The number of carbonyl (C=O) groups excluding carboxylic acids is 3. The molecule has 2 aromatic heterocycles. The predicted octanol–water partition coefficient (Wildman–Crippen LogP) is 13.4. The summed E-state index contributed by atoms with van der Waals surface area (Å²) in [7, 11) is 1.29. The summed E-state index contributed by atoms with van der Waals surface area (Å²) in [6, 6.07) is 0. The van der Waals surface area contributed by atoms with E-state index in [1.165, 1.54) is 58.5 Å². The van der Waals surface area contributed by atoms with E-state index >= 15 is 0 Å². The Balaban J connectivity index is 0.00000817. The molecule has 4 aliphatic rings. The van der Waals surface area contributed by atoms with Crippen LogP contribution >= 0.6 is 0 Å². The minimum Gasteiger partial charge on any atom is -0.664 e. The van der Waals surface area contributed by atoms with E-state index in [2.05, 4.69) is 55.4 Å². The van der Waals surface area contributed by atoms with Crippen LogP contribution < -0.4 is 9.97 Å². The fourth-order valence-corrected chi connectivity index (χ4v) is 10.7. The molecule has 2 fully saturated rings. The molecule has 2 aromatic rings. The van der Waals surface area contributed by atoms with Crippen molar-refractivity contribution in [3.05, 3.63) is 84.0 Å². The van der Waals surface area contributed by atoms with E-state index in [4.69, 9.17) is 30.1 Å². The molecule has 0 amide bonds. The summed E-state index contributed by atoms with van der Waals surface area (Å²) in [5, 5.41) is 22.2. The molecule has 0 aromatic carbocycles. The Morgan fingerprint density at radius 1 is 0.727 bits per heavy atom. The summed E-state index contributed by atoms with van der Waals surface area (Å²) >= 11 is 0. The van der Waals surface area contributed by atoms with Gasteiger partial charge in [0.1, 0.15) is 11.3 Å². The monoisotopic (exact) mass is 913 g/mol. The van der Waals surface area contributed by atoms with Crippen LogP contribution in [0.4, 0.5) is 0 Å². The number of aliphatic hydroxyl groups excluding tert-OH is 1. The number of carbonyl (C=O) groups is 3. The summed E-state index contributed by atoms with van der Waals surface area (Å²) in [5.41, 5.74) is 8.18. The van der Waals surface area contributed by atoms with Crippen LogP contribution in [0.3, 0.4) is 0 Å². The number of nitrogens with zero attached hydrogens (tertiary/aromatic N) is 4. The summed E-state index contributed by atoms with van der Waals surface area (Å²) in [4.78, 5) is 50.4. The molecule has 0 spiro atoms. The maximum absolute atomic E-state index is 13.6. The Labute approximate surface area is 411 Å². The molecule has 8 bridgehead atoms. The van der Waals surface area contributed by atoms with Crippen molar-refractivity contribution in [3.63, 3.8) is 0 Å². The van der Waals surface area contributed by atoms with Crippen molar-refractivity contribution in [2.45, 2.75) is 160 Å². The predicted molar refractivity (Wildman–Crippen MR) is 268 cm³/mol. The van der Waals surface area contributed by atoms with Gasteiger partial charge in [0, 0.05) is 17.5 Å². The molecule has 6 rings (SSSR count). The van der Waals surface area contributed by atoms with Crippen LogP contribution in [0.5, 0.6) is 0 Å². The van der Waals surface area contributed by atoms with Gasteiger partial charge in [0.15, 0.2) is 5.78 Å². The first-order valence-corrected chi connectivity index (χ1v) is 24.8. The van der Waals surface area contributed by atoms with E-state index in [0.29, 0.717) is 69.8 Å². The van der Waals surface area contributed by atoms with Crippen molar-refractivity contribution in [2.75, 3.05) is 13.7 Å². The average Bonchev–Trinajstić information content (AvgIpc) is 4.00. The van der Waals surface area contributed by atoms with E-state index in [9.17, 15) is 19.5 Å². The number of hydrogen-bond donors (Lipinski definition) is 1. The van der Waals surface area contributed by atoms with Crippen molar-refractivity contribution in [2.24, 2.45) is 47.3 Å². The molecule has 0 saturated carbocycles. The van der Waals surface area contributed by atoms with Crippen molar-refractivity contribution < 1.29 is 29.0 Å². The molecule has 66 heavy (non-hydrogen) atoms. The smallest absolute Gasteiger partial charge is 0.664 e. The summed E-state index contributed by atoms with van der Waals surface area (Å²) in [6.45, 7) is 23.7. The Morgan fingerprint density at radius 2 is 1.27 bits per heavy atom. The van der Waals surface area contributed by atoms with Crippen LogP contribution in [0.25, 0.3) is 40.2 Å². The topological polar surface area (TPSA) is 146 Å². The molecule has 1 unspecified atom stereocenters. The second kappa shape index (κ2) is 23.4. The normalized spacial score (nSPS) is 24.6. The zero-order chi connectivity index (χ0) is 47.3. The fourth-order valence-electron chi connectivity index (χ4n) is 10.7. The number of esters is 2. The summed E-state index contributed by atoms with van der Waals surface area (Å²) < 4.78 is 11.1. The molecule has 0 radical (unpaired) electrons. The molecule has 2 saturated heterocycles. The fraction of sp³-hybridized carbons (Fsp3) is 0.618. The first-order chi connectivity index (χ1) is 30.9. The number of allylic oxidation sites excluding steroid dienone is 4. The van der Waals surface area contributed by atoms with Crippen LogP contribution in [-0.2, 0) is 19.1 Å². The van der Waals surface area contributed by atoms with Gasteiger partial charge >= 0.3 is 35.0 Å². The molecule has 3 aliphatic heterocycles. The summed E-state index contributed by atoms with van der Waals surface area (Å²) in [5.74, 6) is 1.16. The molecule has 5 heterocycles. The molecule has 10 nitrogen and oxygen atoms in total. The molecular formula is C55H76MgN4O6-2. The minimum absolute atomic E-state index is 0. The van der Waals surface area contributed by atoms with Gasteiger partial charge in [-0.1, -0.05) is 149 Å². The van der Waals surface area contributed by atoms with Gasteiger partial charge in [-0.25, -0.2) is 4.79 Å². The standard InChI is InChI=1S/C55H78N4O6.Mg/c1-13-39-34(7)41-29-46-48(38(11)60)36(9)43(57-46)27-42-35(8)40(52(58-42)50-51(55(63)64-12)54(62)49-37(10)44(59-53(49)50)28-45(39)56-41)23-24-47(61)65-26-25-33(6)22-16-21-32(5)20-15-19-31(4)18-14-17-30(2)3;/h27-35,39-40H,13-26H2,1-12H3,(H3-2,56,57,58,59,60,62,63);/q-2;+2/p-2/b42-27-,45-28-;/t31-,32-,33?,34-,35+,39-,40+;/m1./s1. The van der Waals surface area contributed by atoms with Crippen LogP contribution in [0, 0.1) is 61.2 Å². The molecule has 1 aliphatic carbocycles. The third-order valence-electron chi connectivity index (χ3n) is 14.9. The van der Waals surface area contributed by atoms with E-state index in [1.807, 2.05) is 32.1 Å². The number of Topliss-reactive ketones (excluding diaryl/α,β-unsaturated/α-hetero) is 1. The maximum atomic E-state index is 13.6. The van der Waals surface area contributed by atoms with Crippen molar-refractivity contribution in [1.29, 1.82) is 0 Å². The maximum Gasteiger partial charge on any atom is 2.00 e. The largest absolute Gasteiger partial charge is 2.00 e. The Kier molecular flexibility index (Phi) is 18.8. The zero-order valence-corrected chi connectivity index (χ0v) is 43.6. The van der Waals surface area contributed by atoms with Gasteiger partial charge in [0.2, 0.25) is 0 Å². The molecule has 1 N–H and O–H groups in total. The second-order valence-electron chi connectivity index (χ2n) is 20.4. The van der Waals surface area contributed by atoms with Gasteiger partial charge in [0.05, 0.1) is 13.7 Å². The number of ether oxygens (including phenoxy) is 2. The number of rotatable bonds is 21. The number of fused-ring (bicyclic) bond motifs is 7. The molecule has 11 heteroatoms. The molecular weight excluding hydrogens is 837 g/mol. The van der Waals surface area contributed by atoms with Crippen LogP contribution in [0.15, 0.2) is 28.4 Å². The van der Waals surface area contributed by atoms with Crippen molar-refractivity contribution >= 4 is 70.3 Å². The number of hydrogen-bond acceptors (Lipinski definition) is 6. The third-order valence-corrected chi connectivity index (χ3v) is 14.9. The van der Waals surface area contributed by atoms with Gasteiger partial charge in [-0.3, -0.25) is 9.59 Å². The second-order valence-corrected chi connectivity index (χ2v) is 20.4. The van der Waals surface area contributed by atoms with Gasteiger partial charge < -0.3 is 35.2 Å². The van der Waals surface area contributed by atoms with Gasteiger partial charge in [-0.15, -0.1) is 28.5 Å². The Morgan fingerprint density at radius 3 is 1.86 bits per heavy atom. The van der Waals surface area contributed by atoms with Crippen LogP contribution in [0.1, 0.15) is 196 Å². The summed E-state index contributed by atoms with van der Waals surface area (Å²) in [6.07, 6.45) is 19.6. The van der Waals surface area contributed by atoms with Crippen molar-refractivity contribution in [1.82, 2.24) is 9.97 Å². The first-order valence-electron chi connectivity index (χ1n) is 24.8. The van der Waals surface area contributed by atoms with E-state index < -0.39 is 5.97 Å². The van der Waals surface area contributed by atoms with Gasteiger partial charge in [0.25, 0.3) is 0 Å². The Bertz CT molecular complexity index is 2250. The number of aliphatic hydroxyl groups is 1. The minimum atomic E-state index is -0.694.